The molecule has 0 saturated heterocycles. The Hall–Kier alpha value is -5.32. The molecule has 0 aromatic carbocycles. The molecule has 0 heterocycles. The van der Waals surface area contributed by atoms with Crippen molar-refractivity contribution >= 4 is 39.5 Å². The van der Waals surface area contributed by atoms with Gasteiger partial charge in [0, 0.05) is 25.7 Å². The third kappa shape index (κ3) is 71.1. The van der Waals surface area contributed by atoms with Gasteiger partial charge in [-0.2, -0.15) is 0 Å². The molecule has 3 N–H and O–H groups in total. The van der Waals surface area contributed by atoms with E-state index in [0.717, 1.165) is 161 Å². The molecule has 0 amide bonds. The number of allylic oxidation sites excluding steroid dienone is 26. The topological polar surface area (TPSA) is 237 Å². The van der Waals surface area contributed by atoms with Crippen LogP contribution in [0.5, 0.6) is 0 Å². The lowest BCUT2D eigenvalue weighted by Crippen LogP contribution is -2.30. The Kier molecular flexibility index (Phi) is 68.2. The number of phosphoric acid groups is 2. The fourth-order valence-electron chi connectivity index (χ4n) is 9.27. The number of hydrogen-bond donors (Lipinski definition) is 3. The molecule has 19 heteroatoms. The fourth-order valence-corrected chi connectivity index (χ4v) is 10.8. The zero-order valence-electron chi connectivity index (χ0n) is 61.8. The van der Waals surface area contributed by atoms with E-state index >= 15 is 0 Å². The first-order valence-corrected chi connectivity index (χ1v) is 40.7. The fraction of sp³-hybridized carbons (Fsp3) is 0.630. The molecular weight excluding hydrogens is 1310 g/mol. The van der Waals surface area contributed by atoms with Crippen LogP contribution in [0.2, 0.25) is 0 Å². The first-order valence-electron chi connectivity index (χ1n) is 37.7. The van der Waals surface area contributed by atoms with Gasteiger partial charge in [0.25, 0.3) is 0 Å². The van der Waals surface area contributed by atoms with Crippen LogP contribution < -0.4 is 0 Å². The lowest BCUT2D eigenvalue weighted by molar-refractivity contribution is -0.161. The third-order valence-corrected chi connectivity index (χ3v) is 16.9. The van der Waals surface area contributed by atoms with Crippen molar-refractivity contribution in [2.24, 2.45) is 0 Å². The van der Waals surface area contributed by atoms with E-state index in [0.29, 0.717) is 32.1 Å². The Balaban J connectivity index is 5.46. The first-order chi connectivity index (χ1) is 48.7. The molecule has 0 bridgehead atoms. The SMILES string of the molecule is CC/C=C\C/C=C\C/C=C\C/C=C\C/C=C\C/C=C\CCC(=O)OCC(COP(=O)(O)OCC(O)COP(=O)(O)OCC(COC(=O)CCCC/C=C\C/C=C\C/C=C\C/C=C\CC)OC(=O)CCCCCCC/C=C\C/C=C\CCC)OC(=O)CCCCCCC/C=C\CCCCCC. The maximum atomic E-state index is 13.1. The Morgan fingerprint density at radius 1 is 0.290 bits per heavy atom. The van der Waals surface area contributed by atoms with Crippen molar-refractivity contribution in [1.82, 2.24) is 0 Å². The summed E-state index contributed by atoms with van der Waals surface area (Å²) in [6, 6.07) is 0. The van der Waals surface area contributed by atoms with Crippen molar-refractivity contribution in [2.45, 2.75) is 290 Å². The molecule has 0 aliphatic heterocycles. The minimum atomic E-state index is -5.00. The maximum absolute atomic E-state index is 13.1. The highest BCUT2D eigenvalue weighted by atomic mass is 31.2. The van der Waals surface area contributed by atoms with Crippen LogP contribution in [0.4, 0.5) is 0 Å². The van der Waals surface area contributed by atoms with Gasteiger partial charge in [-0.25, -0.2) is 9.13 Å². The molecule has 568 valence electrons. The van der Waals surface area contributed by atoms with E-state index in [4.69, 9.17) is 37.0 Å². The Labute approximate surface area is 604 Å². The van der Waals surface area contributed by atoms with Crippen LogP contribution in [0.3, 0.4) is 0 Å². The number of aliphatic hydroxyl groups is 1. The number of ether oxygens (including phenoxy) is 4. The van der Waals surface area contributed by atoms with E-state index < -0.39 is 97.5 Å². The number of esters is 4. The van der Waals surface area contributed by atoms with Crippen LogP contribution >= 0.6 is 15.6 Å². The van der Waals surface area contributed by atoms with E-state index in [-0.39, 0.29) is 25.7 Å². The summed E-state index contributed by atoms with van der Waals surface area (Å²) < 4.78 is 68.3. The molecule has 17 nitrogen and oxygen atoms in total. The van der Waals surface area contributed by atoms with Gasteiger partial charge in [0.2, 0.25) is 0 Å². The van der Waals surface area contributed by atoms with Gasteiger partial charge in [-0.05, 0) is 154 Å². The van der Waals surface area contributed by atoms with Gasteiger partial charge in [0.15, 0.2) is 12.2 Å². The van der Waals surface area contributed by atoms with Gasteiger partial charge < -0.3 is 33.8 Å². The molecule has 100 heavy (non-hydrogen) atoms. The molecule has 5 unspecified atom stereocenters. The zero-order chi connectivity index (χ0) is 73.2. The van der Waals surface area contributed by atoms with Gasteiger partial charge in [0.05, 0.1) is 26.4 Å². The number of carbonyl (C=O) groups excluding carboxylic acids is 4. The number of aliphatic hydroxyl groups excluding tert-OH is 1. The number of unbranched alkanes of at least 4 members (excludes halogenated alkanes) is 17. The standard InChI is InChI=1S/C81H132O17P2/c1-5-9-13-17-21-25-29-33-35-36-37-38-40-44-46-50-54-58-62-66-79(84)92-72-77(98-81(86)68-64-60-56-52-48-42-32-28-24-20-16-12-8-4)74-96-100(89,90)94-70-75(82)69-93-99(87,88)95-73-76(97-80(85)67-63-59-55-51-47-41-31-27-23-19-15-11-7-3)71-91-78(83)65-61-57-53-49-45-43-39-34-30-26-22-18-14-10-6-2/h9-10,13-15,19,21-22,25-28,31-35,37-39,44-46,49,54,58,75-77,82H,5-8,11-12,16-18,20,23-24,29-30,36,40-43,47-48,50-53,55-57,59-74H2,1-4H3,(H,87,88)(H,89,90)/b13-9-,14-10-,19-15-,25-21-,26-22-,31-27-,32-28-,35-33-,38-37-,39-34-,46-44-,49-45-,58-54-. The second kappa shape index (κ2) is 72.0. The average molecular weight is 1440 g/mol. The molecule has 5 atom stereocenters. The largest absolute Gasteiger partial charge is 0.472 e. The van der Waals surface area contributed by atoms with Crippen molar-refractivity contribution < 1.29 is 80.2 Å². The summed E-state index contributed by atoms with van der Waals surface area (Å²) in [5.74, 6) is -2.36. The number of rotatable bonds is 69. The highest BCUT2D eigenvalue weighted by Gasteiger charge is 2.30. The summed E-state index contributed by atoms with van der Waals surface area (Å²) in [6.45, 7) is 4.37. The molecule has 0 aliphatic rings. The lowest BCUT2D eigenvalue weighted by Gasteiger charge is -2.21. The Bertz CT molecular complexity index is 2520. The number of carbonyl (C=O) groups is 4. The second-order valence-electron chi connectivity index (χ2n) is 24.5. The van der Waals surface area contributed by atoms with Crippen LogP contribution in [-0.4, -0.2) is 96.7 Å². The van der Waals surface area contributed by atoms with E-state index in [9.17, 15) is 43.2 Å². The molecular formula is C81H132O17P2. The van der Waals surface area contributed by atoms with Crippen molar-refractivity contribution in [3.8, 4) is 0 Å². The first kappa shape index (κ1) is 94.7. The van der Waals surface area contributed by atoms with Crippen LogP contribution in [-0.2, 0) is 65.4 Å². The lowest BCUT2D eigenvalue weighted by atomic mass is 10.1. The number of hydrogen-bond acceptors (Lipinski definition) is 15. The van der Waals surface area contributed by atoms with Gasteiger partial charge in [0.1, 0.15) is 19.3 Å². The molecule has 0 aromatic heterocycles. The molecule has 0 fully saturated rings. The zero-order valence-corrected chi connectivity index (χ0v) is 63.6. The second-order valence-corrected chi connectivity index (χ2v) is 27.4. The quantitative estimate of drug-likeness (QED) is 0.0169. The van der Waals surface area contributed by atoms with Gasteiger partial charge in [-0.3, -0.25) is 37.3 Å². The minimum Gasteiger partial charge on any atom is -0.462 e. The van der Waals surface area contributed by atoms with Crippen molar-refractivity contribution in [2.75, 3.05) is 39.6 Å². The van der Waals surface area contributed by atoms with E-state index in [1.165, 1.54) is 25.7 Å². The molecule has 0 saturated carbocycles. The van der Waals surface area contributed by atoms with E-state index in [1.54, 1.807) is 0 Å². The van der Waals surface area contributed by atoms with Crippen LogP contribution in [0.15, 0.2) is 158 Å². The summed E-state index contributed by atoms with van der Waals surface area (Å²) in [6.07, 6.45) is 82.6. The van der Waals surface area contributed by atoms with Crippen molar-refractivity contribution in [3.63, 3.8) is 0 Å². The molecule has 0 aromatic rings. The van der Waals surface area contributed by atoms with Crippen molar-refractivity contribution in [3.05, 3.63) is 158 Å². The number of phosphoric ester groups is 2. The summed E-state index contributed by atoms with van der Waals surface area (Å²) >= 11 is 0. The highest BCUT2D eigenvalue weighted by Crippen LogP contribution is 2.45. The monoisotopic (exact) mass is 1440 g/mol. The molecule has 0 aliphatic carbocycles. The van der Waals surface area contributed by atoms with E-state index in [2.05, 4.69) is 167 Å². The highest BCUT2D eigenvalue weighted by molar-refractivity contribution is 7.47. The van der Waals surface area contributed by atoms with Gasteiger partial charge in [-0.1, -0.05) is 250 Å². The van der Waals surface area contributed by atoms with Crippen LogP contribution in [0, 0.1) is 0 Å². The average Bonchev–Trinajstić information content (AvgIpc) is 0.935. The third-order valence-electron chi connectivity index (χ3n) is 15.0. The molecule has 0 radical (unpaired) electrons. The Morgan fingerprint density at radius 2 is 0.560 bits per heavy atom. The minimum absolute atomic E-state index is 0.0292. The molecule has 0 spiro atoms. The smallest absolute Gasteiger partial charge is 0.462 e. The predicted molar refractivity (Wildman–Crippen MR) is 408 cm³/mol. The van der Waals surface area contributed by atoms with Crippen LogP contribution in [0.25, 0.3) is 0 Å². The predicted octanol–water partition coefficient (Wildman–Crippen LogP) is 21.7. The maximum Gasteiger partial charge on any atom is 0.472 e. The van der Waals surface area contributed by atoms with E-state index in [1.807, 2.05) is 18.2 Å². The van der Waals surface area contributed by atoms with Gasteiger partial charge >= 0.3 is 39.5 Å². The van der Waals surface area contributed by atoms with Gasteiger partial charge in [-0.15, -0.1) is 0 Å². The summed E-state index contributed by atoms with van der Waals surface area (Å²) in [5.41, 5.74) is 0. The molecule has 0 rings (SSSR count). The summed E-state index contributed by atoms with van der Waals surface area (Å²) in [5, 5.41) is 10.6. The summed E-state index contributed by atoms with van der Waals surface area (Å²) in [7, 11) is -10.00. The van der Waals surface area contributed by atoms with Crippen LogP contribution in [0.1, 0.15) is 272 Å². The Morgan fingerprint density at radius 3 is 0.930 bits per heavy atom. The summed E-state index contributed by atoms with van der Waals surface area (Å²) in [4.78, 5) is 72.8. The van der Waals surface area contributed by atoms with Crippen molar-refractivity contribution in [1.29, 1.82) is 0 Å². The normalized spacial score (nSPS) is 14.8.